The van der Waals surface area contributed by atoms with E-state index < -0.39 is 0 Å². The molecule has 0 aromatic rings. The summed E-state index contributed by atoms with van der Waals surface area (Å²) >= 11 is 6.55. The Balaban J connectivity index is 2.64. The maximum absolute atomic E-state index is 6.55. The van der Waals surface area contributed by atoms with Gasteiger partial charge < -0.3 is 0 Å². The summed E-state index contributed by atoms with van der Waals surface area (Å²) in [4.78, 5) is 0.0885. The SMILES string of the molecule is CC(C)(C)C1(Cl)CCCCC1. The second-order valence-corrected chi connectivity index (χ2v) is 5.50. The molecule has 1 aliphatic carbocycles. The van der Waals surface area contributed by atoms with Crippen LogP contribution >= 0.6 is 11.6 Å². The maximum atomic E-state index is 6.55. The molecule has 0 heterocycles. The summed E-state index contributed by atoms with van der Waals surface area (Å²) in [5.41, 5.74) is 0.273. The van der Waals surface area contributed by atoms with Crippen LogP contribution in [0.4, 0.5) is 0 Å². The molecule has 0 N–H and O–H groups in total. The third-order valence-corrected chi connectivity index (χ3v) is 3.94. The summed E-state index contributed by atoms with van der Waals surface area (Å²) in [6.07, 6.45) is 6.43. The van der Waals surface area contributed by atoms with Crippen LogP contribution in [0.15, 0.2) is 0 Å². The van der Waals surface area contributed by atoms with Gasteiger partial charge in [-0.2, -0.15) is 0 Å². The van der Waals surface area contributed by atoms with E-state index in [2.05, 4.69) is 20.8 Å². The number of alkyl halides is 1. The Kier molecular flexibility index (Phi) is 2.53. The Morgan fingerprint density at radius 2 is 1.45 bits per heavy atom. The van der Waals surface area contributed by atoms with Crippen molar-refractivity contribution in [1.29, 1.82) is 0 Å². The molecule has 0 spiro atoms. The van der Waals surface area contributed by atoms with Crippen molar-refractivity contribution in [1.82, 2.24) is 0 Å². The van der Waals surface area contributed by atoms with Crippen LogP contribution in [0.25, 0.3) is 0 Å². The van der Waals surface area contributed by atoms with Gasteiger partial charge in [-0.15, -0.1) is 11.6 Å². The Bertz CT molecular complexity index is 126. The molecule has 66 valence electrons. The number of rotatable bonds is 0. The standard InChI is InChI=1S/C10H19Cl/c1-9(2,3)10(11)7-5-4-6-8-10/h4-8H2,1-3H3. The summed E-state index contributed by atoms with van der Waals surface area (Å²) < 4.78 is 0. The summed E-state index contributed by atoms with van der Waals surface area (Å²) in [7, 11) is 0. The molecule has 11 heavy (non-hydrogen) atoms. The van der Waals surface area contributed by atoms with Crippen molar-refractivity contribution in [2.45, 2.75) is 57.7 Å². The summed E-state index contributed by atoms with van der Waals surface area (Å²) in [6, 6.07) is 0. The smallest absolute Gasteiger partial charge is 0.0495 e. The molecule has 1 saturated carbocycles. The van der Waals surface area contributed by atoms with Crippen LogP contribution < -0.4 is 0 Å². The van der Waals surface area contributed by atoms with Gasteiger partial charge >= 0.3 is 0 Å². The van der Waals surface area contributed by atoms with Crippen molar-refractivity contribution in [2.75, 3.05) is 0 Å². The lowest BCUT2D eigenvalue weighted by molar-refractivity contribution is 0.209. The zero-order chi connectivity index (χ0) is 8.54. The lowest BCUT2D eigenvalue weighted by atomic mass is 9.71. The average molecular weight is 175 g/mol. The van der Waals surface area contributed by atoms with Crippen LogP contribution in [0.2, 0.25) is 0 Å². The molecule has 0 nitrogen and oxygen atoms in total. The highest BCUT2D eigenvalue weighted by Crippen LogP contribution is 2.46. The molecular formula is C10H19Cl. The van der Waals surface area contributed by atoms with E-state index in [0.29, 0.717) is 0 Å². The highest BCUT2D eigenvalue weighted by atomic mass is 35.5. The van der Waals surface area contributed by atoms with Crippen molar-refractivity contribution >= 4 is 11.6 Å². The molecule has 1 rings (SSSR count). The van der Waals surface area contributed by atoms with Gasteiger partial charge in [0.1, 0.15) is 0 Å². The minimum Gasteiger partial charge on any atom is -0.119 e. The summed E-state index contributed by atoms with van der Waals surface area (Å²) in [5, 5.41) is 0. The molecule has 0 atom stereocenters. The average Bonchev–Trinajstić information content (AvgIpc) is 1.87. The highest BCUT2D eigenvalue weighted by molar-refractivity contribution is 6.24. The van der Waals surface area contributed by atoms with E-state index in [1.54, 1.807) is 0 Å². The first-order valence-corrected chi connectivity index (χ1v) is 5.02. The lowest BCUT2D eigenvalue weighted by Gasteiger charge is -2.42. The van der Waals surface area contributed by atoms with Gasteiger partial charge in [-0.25, -0.2) is 0 Å². The predicted molar refractivity (Wildman–Crippen MR) is 51.1 cm³/mol. The number of halogens is 1. The monoisotopic (exact) mass is 174 g/mol. The Labute approximate surface area is 75.3 Å². The van der Waals surface area contributed by atoms with Crippen LogP contribution in [0, 0.1) is 5.41 Å². The van der Waals surface area contributed by atoms with E-state index in [1.807, 2.05) is 0 Å². The van der Waals surface area contributed by atoms with Crippen LogP contribution in [0.5, 0.6) is 0 Å². The number of hydrogen-bond acceptors (Lipinski definition) is 0. The second kappa shape index (κ2) is 2.97. The quantitative estimate of drug-likeness (QED) is 0.488. The van der Waals surface area contributed by atoms with Crippen LogP contribution in [0.3, 0.4) is 0 Å². The second-order valence-electron chi connectivity index (χ2n) is 4.78. The maximum Gasteiger partial charge on any atom is 0.0495 e. The van der Waals surface area contributed by atoms with Crippen LogP contribution in [-0.2, 0) is 0 Å². The highest BCUT2D eigenvalue weighted by Gasteiger charge is 2.40. The molecule has 1 heteroatoms. The van der Waals surface area contributed by atoms with E-state index in [4.69, 9.17) is 11.6 Å². The molecular weight excluding hydrogens is 156 g/mol. The molecule has 0 amide bonds. The molecule has 0 aromatic heterocycles. The predicted octanol–water partition coefficient (Wildman–Crippen LogP) is 3.97. The molecule has 0 aliphatic heterocycles. The van der Waals surface area contributed by atoms with Crippen molar-refractivity contribution in [2.24, 2.45) is 5.41 Å². The molecule has 0 bridgehead atoms. The fourth-order valence-electron chi connectivity index (χ4n) is 1.86. The Morgan fingerprint density at radius 3 is 1.73 bits per heavy atom. The Morgan fingerprint density at radius 1 is 1.00 bits per heavy atom. The minimum absolute atomic E-state index is 0.0885. The third kappa shape index (κ3) is 1.90. The van der Waals surface area contributed by atoms with Gasteiger partial charge in [0.2, 0.25) is 0 Å². The first kappa shape index (κ1) is 9.38. The molecule has 0 radical (unpaired) electrons. The van der Waals surface area contributed by atoms with E-state index in [0.717, 1.165) is 0 Å². The van der Waals surface area contributed by atoms with Gasteiger partial charge in [0, 0.05) is 4.87 Å². The van der Waals surface area contributed by atoms with E-state index >= 15 is 0 Å². The van der Waals surface area contributed by atoms with Gasteiger partial charge in [0.15, 0.2) is 0 Å². The van der Waals surface area contributed by atoms with Gasteiger partial charge in [-0.1, -0.05) is 40.0 Å². The van der Waals surface area contributed by atoms with Crippen LogP contribution in [-0.4, -0.2) is 4.87 Å². The summed E-state index contributed by atoms with van der Waals surface area (Å²) in [6.45, 7) is 6.77. The fourth-order valence-corrected chi connectivity index (χ4v) is 2.13. The van der Waals surface area contributed by atoms with Gasteiger partial charge in [-0.05, 0) is 18.3 Å². The third-order valence-electron chi connectivity index (χ3n) is 2.99. The van der Waals surface area contributed by atoms with Gasteiger partial charge in [0.25, 0.3) is 0 Å². The van der Waals surface area contributed by atoms with Crippen molar-refractivity contribution < 1.29 is 0 Å². The molecule has 0 saturated heterocycles. The summed E-state index contributed by atoms with van der Waals surface area (Å²) in [5.74, 6) is 0. The first-order valence-electron chi connectivity index (χ1n) is 4.65. The van der Waals surface area contributed by atoms with Gasteiger partial charge in [-0.3, -0.25) is 0 Å². The Hall–Kier alpha value is 0.290. The van der Waals surface area contributed by atoms with E-state index in [9.17, 15) is 0 Å². The lowest BCUT2D eigenvalue weighted by Crippen LogP contribution is -2.38. The zero-order valence-electron chi connectivity index (χ0n) is 7.91. The van der Waals surface area contributed by atoms with Crippen molar-refractivity contribution in [3.8, 4) is 0 Å². The molecule has 1 aliphatic rings. The van der Waals surface area contributed by atoms with E-state index in [1.165, 1.54) is 32.1 Å². The number of hydrogen-bond donors (Lipinski definition) is 0. The van der Waals surface area contributed by atoms with Gasteiger partial charge in [0.05, 0.1) is 0 Å². The molecule has 0 aromatic carbocycles. The molecule has 0 unspecified atom stereocenters. The normalized spacial score (nSPS) is 25.1. The van der Waals surface area contributed by atoms with Crippen molar-refractivity contribution in [3.63, 3.8) is 0 Å². The first-order chi connectivity index (χ1) is 4.96. The minimum atomic E-state index is 0.0885. The van der Waals surface area contributed by atoms with Crippen LogP contribution in [0.1, 0.15) is 52.9 Å². The van der Waals surface area contributed by atoms with E-state index in [-0.39, 0.29) is 10.3 Å². The zero-order valence-corrected chi connectivity index (χ0v) is 8.67. The van der Waals surface area contributed by atoms with Crippen molar-refractivity contribution in [3.05, 3.63) is 0 Å². The molecule has 1 fully saturated rings. The fraction of sp³-hybridized carbons (Fsp3) is 1.00. The largest absolute Gasteiger partial charge is 0.119 e. The topological polar surface area (TPSA) is 0 Å².